The van der Waals surface area contributed by atoms with E-state index in [-0.39, 0.29) is 5.92 Å². The van der Waals surface area contributed by atoms with Gasteiger partial charge in [-0.05, 0) is 32.4 Å². The average Bonchev–Trinajstić information content (AvgIpc) is 3.05. The lowest BCUT2D eigenvalue weighted by Crippen LogP contribution is -2.49. The Hall–Kier alpha value is -1.40. The van der Waals surface area contributed by atoms with Gasteiger partial charge in [0.25, 0.3) is 0 Å². The maximum atomic E-state index is 12.7. The second-order valence-corrected chi connectivity index (χ2v) is 9.00. The largest absolute Gasteiger partial charge is 0.345 e. The summed E-state index contributed by atoms with van der Waals surface area (Å²) in [6, 6.07) is 4.36. The molecule has 1 aliphatic carbocycles. The van der Waals surface area contributed by atoms with Gasteiger partial charge in [-0.3, -0.25) is 4.79 Å². The molecule has 2 aromatic rings. The third kappa shape index (κ3) is 3.02. The monoisotopic (exact) mass is 347 g/mol. The van der Waals surface area contributed by atoms with Gasteiger partial charge < -0.3 is 9.80 Å². The first kappa shape index (κ1) is 15.1. The zero-order chi connectivity index (χ0) is 16.0. The van der Waals surface area contributed by atoms with Crippen molar-refractivity contribution in [3.63, 3.8) is 0 Å². The highest BCUT2D eigenvalue weighted by atomic mass is 32.1. The van der Waals surface area contributed by atoms with E-state index in [4.69, 9.17) is 0 Å². The van der Waals surface area contributed by atoms with Crippen LogP contribution in [0.4, 0.5) is 5.13 Å². The van der Waals surface area contributed by atoms with Crippen molar-refractivity contribution in [3.05, 3.63) is 33.0 Å². The number of aromatic nitrogens is 1. The molecule has 1 saturated heterocycles. The van der Waals surface area contributed by atoms with Crippen LogP contribution >= 0.6 is 22.7 Å². The smallest absolute Gasteiger partial charge is 0.226 e. The molecule has 1 aliphatic heterocycles. The summed E-state index contributed by atoms with van der Waals surface area (Å²) in [5, 5.41) is 1.09. The molecule has 2 aromatic heterocycles. The van der Waals surface area contributed by atoms with E-state index in [1.54, 1.807) is 11.3 Å². The van der Waals surface area contributed by atoms with Crippen molar-refractivity contribution in [2.45, 2.75) is 26.2 Å². The molecule has 1 amide bonds. The molecule has 3 heterocycles. The maximum Gasteiger partial charge on any atom is 0.226 e. The molecule has 0 radical (unpaired) electrons. The number of thiophene rings is 1. The van der Waals surface area contributed by atoms with Crippen LogP contribution in [0.5, 0.6) is 0 Å². The molecule has 122 valence electrons. The van der Waals surface area contributed by atoms with Gasteiger partial charge in [0.1, 0.15) is 0 Å². The molecule has 6 heteroatoms. The van der Waals surface area contributed by atoms with Gasteiger partial charge in [-0.25, -0.2) is 4.98 Å². The van der Waals surface area contributed by atoms with E-state index in [1.165, 1.54) is 14.6 Å². The van der Waals surface area contributed by atoms with E-state index in [9.17, 15) is 4.79 Å². The van der Waals surface area contributed by atoms with Gasteiger partial charge in [-0.2, -0.15) is 0 Å². The van der Waals surface area contributed by atoms with Crippen LogP contribution < -0.4 is 4.90 Å². The summed E-state index contributed by atoms with van der Waals surface area (Å²) in [5.41, 5.74) is 0. The van der Waals surface area contributed by atoms with Crippen molar-refractivity contribution in [2.24, 2.45) is 5.92 Å². The van der Waals surface area contributed by atoms with E-state index >= 15 is 0 Å². The first-order valence-electron chi connectivity index (χ1n) is 8.14. The quantitative estimate of drug-likeness (QED) is 0.855. The van der Waals surface area contributed by atoms with E-state index in [2.05, 4.69) is 40.8 Å². The predicted molar refractivity (Wildman–Crippen MR) is 95.5 cm³/mol. The van der Waals surface area contributed by atoms with E-state index in [0.717, 1.165) is 37.7 Å². The number of thiazole rings is 1. The number of rotatable bonds is 3. The molecule has 2 fully saturated rings. The van der Waals surface area contributed by atoms with Crippen molar-refractivity contribution < 1.29 is 4.79 Å². The number of carbonyl (C=O) groups excluding carboxylic acids is 1. The molecule has 0 aromatic carbocycles. The zero-order valence-electron chi connectivity index (χ0n) is 13.5. The number of anilines is 1. The summed E-state index contributed by atoms with van der Waals surface area (Å²) in [4.78, 5) is 25.5. The number of carbonyl (C=O) groups is 1. The highest BCUT2D eigenvalue weighted by Gasteiger charge is 2.46. The van der Waals surface area contributed by atoms with Crippen LogP contribution in [-0.4, -0.2) is 42.0 Å². The molecule has 0 unspecified atom stereocenters. The number of nitrogens with zero attached hydrogens (tertiary/aromatic N) is 3. The molecule has 23 heavy (non-hydrogen) atoms. The fraction of sp³-hybridized carbons (Fsp3) is 0.529. The summed E-state index contributed by atoms with van der Waals surface area (Å²) in [7, 11) is 0. The molecular formula is C17H21N3OS2. The number of amides is 1. The van der Waals surface area contributed by atoms with Crippen LogP contribution in [0.2, 0.25) is 0 Å². The van der Waals surface area contributed by atoms with E-state index in [0.29, 0.717) is 11.8 Å². The predicted octanol–water partition coefficient (Wildman–Crippen LogP) is 3.27. The number of piperazine rings is 1. The minimum absolute atomic E-state index is 0.224. The summed E-state index contributed by atoms with van der Waals surface area (Å²) < 4.78 is 0. The summed E-state index contributed by atoms with van der Waals surface area (Å²) in [5.74, 6) is 1.05. The van der Waals surface area contributed by atoms with Gasteiger partial charge in [0.05, 0.1) is 0 Å². The van der Waals surface area contributed by atoms with Crippen molar-refractivity contribution in [1.82, 2.24) is 9.88 Å². The lowest BCUT2D eigenvalue weighted by molar-refractivity contribution is -0.132. The Morgan fingerprint density at radius 1 is 1.13 bits per heavy atom. The van der Waals surface area contributed by atoms with Crippen molar-refractivity contribution >= 4 is 33.7 Å². The van der Waals surface area contributed by atoms with Gasteiger partial charge in [-0.1, -0.05) is 0 Å². The molecular weight excluding hydrogens is 326 g/mol. The van der Waals surface area contributed by atoms with Crippen LogP contribution in [0.1, 0.15) is 27.0 Å². The maximum absolute atomic E-state index is 12.7. The molecule has 1 saturated carbocycles. The lowest BCUT2D eigenvalue weighted by Gasteiger charge is -2.34. The molecule has 4 nitrogen and oxygen atoms in total. The standard InChI is InChI=1S/C17H21N3OS2/c1-11-3-4-15(22-11)13-9-14(13)16(21)19-5-7-20(8-6-19)17-18-10-12(2)23-17/h3-4,10,13-14H,5-9H2,1-2H3/t13-,14+/m1/s1. The minimum Gasteiger partial charge on any atom is -0.345 e. The Morgan fingerprint density at radius 3 is 2.52 bits per heavy atom. The van der Waals surface area contributed by atoms with Crippen LogP contribution in [-0.2, 0) is 4.79 Å². The molecule has 0 N–H and O–H groups in total. The summed E-state index contributed by atoms with van der Waals surface area (Å²) >= 11 is 3.58. The number of hydrogen-bond acceptors (Lipinski definition) is 5. The van der Waals surface area contributed by atoms with E-state index in [1.807, 2.05) is 17.5 Å². The molecule has 0 spiro atoms. The first-order valence-corrected chi connectivity index (χ1v) is 9.77. The number of aryl methyl sites for hydroxylation is 2. The Kier molecular flexibility index (Phi) is 3.89. The molecule has 2 atom stereocenters. The van der Waals surface area contributed by atoms with Crippen molar-refractivity contribution in [1.29, 1.82) is 0 Å². The zero-order valence-corrected chi connectivity index (χ0v) is 15.1. The third-order valence-electron chi connectivity index (χ3n) is 4.71. The summed E-state index contributed by atoms with van der Waals surface area (Å²) in [6.45, 7) is 7.66. The minimum atomic E-state index is 0.224. The number of hydrogen-bond donors (Lipinski definition) is 0. The van der Waals surface area contributed by atoms with Gasteiger partial charge in [0.15, 0.2) is 5.13 Å². The fourth-order valence-corrected chi connectivity index (χ4v) is 5.14. The second-order valence-electron chi connectivity index (χ2n) is 6.46. The second kappa shape index (κ2) is 5.91. The van der Waals surface area contributed by atoms with Gasteiger partial charge in [0, 0.05) is 58.8 Å². The Bertz CT molecular complexity index is 715. The first-order chi connectivity index (χ1) is 11.1. The van der Waals surface area contributed by atoms with Gasteiger partial charge in [0.2, 0.25) is 5.91 Å². The van der Waals surface area contributed by atoms with Gasteiger partial charge in [-0.15, -0.1) is 22.7 Å². The summed E-state index contributed by atoms with van der Waals surface area (Å²) in [6.07, 6.45) is 2.96. The Balaban J connectivity index is 1.33. The van der Waals surface area contributed by atoms with Crippen LogP contribution in [0.15, 0.2) is 18.3 Å². The Labute approximate surface area is 144 Å². The normalized spacial score (nSPS) is 24.1. The Morgan fingerprint density at radius 2 is 1.91 bits per heavy atom. The third-order valence-corrected chi connectivity index (χ3v) is 6.81. The van der Waals surface area contributed by atoms with E-state index < -0.39 is 0 Å². The average molecular weight is 348 g/mol. The SMILES string of the molecule is Cc1ccc([C@@H]2C[C@@H]2C(=O)N2CCN(c3ncc(C)s3)CC2)s1. The fourth-order valence-electron chi connectivity index (χ4n) is 3.28. The van der Waals surface area contributed by atoms with Gasteiger partial charge >= 0.3 is 0 Å². The lowest BCUT2D eigenvalue weighted by atomic mass is 10.2. The van der Waals surface area contributed by atoms with Crippen LogP contribution in [0.25, 0.3) is 0 Å². The molecule has 0 bridgehead atoms. The van der Waals surface area contributed by atoms with Crippen LogP contribution in [0, 0.1) is 19.8 Å². The molecule has 4 rings (SSSR count). The highest BCUT2D eigenvalue weighted by Crippen LogP contribution is 2.50. The molecule has 2 aliphatic rings. The van der Waals surface area contributed by atoms with Crippen molar-refractivity contribution in [3.8, 4) is 0 Å². The van der Waals surface area contributed by atoms with Crippen molar-refractivity contribution in [2.75, 3.05) is 31.1 Å². The highest BCUT2D eigenvalue weighted by molar-refractivity contribution is 7.15. The topological polar surface area (TPSA) is 36.4 Å². The van der Waals surface area contributed by atoms with Crippen LogP contribution in [0.3, 0.4) is 0 Å².